The van der Waals surface area contributed by atoms with Gasteiger partial charge in [0.05, 0.1) is 16.3 Å². The highest BCUT2D eigenvalue weighted by molar-refractivity contribution is 9.10. The topological polar surface area (TPSA) is 64.0 Å². The summed E-state index contributed by atoms with van der Waals surface area (Å²) in [6, 6.07) is 12.3. The molecule has 1 N–H and O–H groups in total. The molecular formula is C18H17BrClN3O2S. The van der Waals surface area contributed by atoms with Gasteiger partial charge in [0.25, 0.3) is 10.0 Å². The maximum absolute atomic E-state index is 13.0. The first kappa shape index (κ1) is 18.9. The van der Waals surface area contributed by atoms with Gasteiger partial charge in [0.15, 0.2) is 0 Å². The summed E-state index contributed by atoms with van der Waals surface area (Å²) in [4.78, 5) is 0.261. The molecule has 5 nitrogen and oxygen atoms in total. The van der Waals surface area contributed by atoms with E-state index < -0.39 is 10.0 Å². The van der Waals surface area contributed by atoms with Gasteiger partial charge in [0, 0.05) is 15.6 Å². The number of nitrogens with zero attached hydrogens (tertiary/aromatic N) is 2. The molecule has 0 aliphatic heterocycles. The van der Waals surface area contributed by atoms with Crippen LogP contribution >= 0.6 is 27.5 Å². The zero-order chi connectivity index (χ0) is 19.1. The Labute approximate surface area is 166 Å². The van der Waals surface area contributed by atoms with Crippen molar-refractivity contribution < 1.29 is 8.42 Å². The highest BCUT2D eigenvalue weighted by Gasteiger charge is 2.22. The quantitative estimate of drug-likeness (QED) is 0.602. The molecule has 1 heterocycles. The van der Waals surface area contributed by atoms with Crippen LogP contribution in [0.25, 0.3) is 5.69 Å². The summed E-state index contributed by atoms with van der Waals surface area (Å²) in [7, 11) is -3.78. The average Bonchev–Trinajstić information content (AvgIpc) is 2.85. The molecule has 0 aliphatic rings. The lowest BCUT2D eigenvalue weighted by Gasteiger charge is -2.14. The van der Waals surface area contributed by atoms with Crippen molar-refractivity contribution in [2.24, 2.45) is 0 Å². The molecule has 0 unspecified atom stereocenters. The minimum absolute atomic E-state index is 0.261. The lowest BCUT2D eigenvalue weighted by molar-refractivity contribution is 0.599. The van der Waals surface area contributed by atoms with Gasteiger partial charge in [-0.15, -0.1) is 0 Å². The smallest absolute Gasteiger partial charge is 0.263 e. The van der Waals surface area contributed by atoms with Gasteiger partial charge in [-0.2, -0.15) is 5.10 Å². The Morgan fingerprint density at radius 3 is 2.35 bits per heavy atom. The van der Waals surface area contributed by atoms with Crippen molar-refractivity contribution in [1.82, 2.24) is 9.78 Å². The van der Waals surface area contributed by atoms with Crippen LogP contribution in [0.15, 0.2) is 51.8 Å². The number of halogens is 2. The van der Waals surface area contributed by atoms with Crippen LogP contribution in [0.4, 0.5) is 5.82 Å². The van der Waals surface area contributed by atoms with Crippen LogP contribution in [0, 0.1) is 20.8 Å². The van der Waals surface area contributed by atoms with Gasteiger partial charge in [-0.3, -0.25) is 4.72 Å². The van der Waals surface area contributed by atoms with E-state index in [-0.39, 0.29) is 4.90 Å². The lowest BCUT2D eigenvalue weighted by atomic mass is 10.2. The van der Waals surface area contributed by atoms with Gasteiger partial charge in [-0.05, 0) is 62.2 Å². The number of hydrogen-bond acceptors (Lipinski definition) is 3. The average molecular weight is 455 g/mol. The van der Waals surface area contributed by atoms with Gasteiger partial charge >= 0.3 is 0 Å². The summed E-state index contributed by atoms with van der Waals surface area (Å²) in [6.07, 6.45) is 0. The Kier molecular flexibility index (Phi) is 5.14. The molecule has 136 valence electrons. The van der Waals surface area contributed by atoms with E-state index in [9.17, 15) is 8.42 Å². The van der Waals surface area contributed by atoms with E-state index in [4.69, 9.17) is 11.6 Å². The van der Waals surface area contributed by atoms with Crippen molar-refractivity contribution >= 4 is 43.4 Å². The fourth-order valence-corrected chi connectivity index (χ4v) is 5.25. The predicted molar refractivity (Wildman–Crippen MR) is 108 cm³/mol. The number of hydrogen-bond donors (Lipinski definition) is 1. The van der Waals surface area contributed by atoms with E-state index in [0.717, 1.165) is 4.47 Å². The highest BCUT2D eigenvalue weighted by Crippen LogP contribution is 2.28. The van der Waals surface area contributed by atoms with Gasteiger partial charge in [0.1, 0.15) is 5.82 Å². The number of nitrogens with one attached hydrogen (secondary N) is 1. The molecule has 26 heavy (non-hydrogen) atoms. The third-order valence-corrected chi connectivity index (χ3v) is 6.17. The summed E-state index contributed by atoms with van der Waals surface area (Å²) < 4.78 is 31.1. The van der Waals surface area contributed by atoms with E-state index in [1.165, 1.54) is 4.68 Å². The molecule has 0 radical (unpaired) electrons. The van der Waals surface area contributed by atoms with E-state index in [2.05, 4.69) is 25.8 Å². The van der Waals surface area contributed by atoms with E-state index in [1.54, 1.807) is 57.2 Å². The van der Waals surface area contributed by atoms with Crippen molar-refractivity contribution in [2.75, 3.05) is 4.72 Å². The summed E-state index contributed by atoms with van der Waals surface area (Å²) in [5, 5.41) is 4.93. The van der Waals surface area contributed by atoms with Crippen LogP contribution in [0.5, 0.6) is 0 Å². The molecule has 0 spiro atoms. The van der Waals surface area contributed by atoms with E-state index in [0.29, 0.717) is 33.3 Å². The van der Waals surface area contributed by atoms with Gasteiger partial charge in [-0.25, -0.2) is 13.1 Å². The van der Waals surface area contributed by atoms with Crippen molar-refractivity contribution in [1.29, 1.82) is 0 Å². The third kappa shape index (κ3) is 3.79. The molecule has 1 aromatic heterocycles. The monoisotopic (exact) mass is 453 g/mol. The molecule has 0 amide bonds. The molecule has 0 bridgehead atoms. The molecule has 2 aromatic carbocycles. The van der Waals surface area contributed by atoms with Crippen LogP contribution in [0.2, 0.25) is 5.02 Å². The van der Waals surface area contributed by atoms with Crippen LogP contribution < -0.4 is 4.72 Å². The lowest BCUT2D eigenvalue weighted by Crippen LogP contribution is -2.18. The third-order valence-electron chi connectivity index (χ3n) is 3.82. The molecule has 3 aromatic rings. The Hall–Kier alpha value is -1.83. The summed E-state index contributed by atoms with van der Waals surface area (Å²) in [5.41, 5.74) is 2.68. The summed E-state index contributed by atoms with van der Waals surface area (Å²) in [5.74, 6) is 0.353. The Balaban J connectivity index is 2.07. The Bertz CT molecular complexity index is 1070. The molecule has 3 rings (SSSR count). The number of benzene rings is 2. The number of sulfonamides is 1. The van der Waals surface area contributed by atoms with Crippen molar-refractivity contribution in [3.63, 3.8) is 0 Å². The highest BCUT2D eigenvalue weighted by atomic mass is 79.9. The second kappa shape index (κ2) is 7.06. The molecule has 8 heteroatoms. The van der Waals surface area contributed by atoms with E-state index >= 15 is 0 Å². The fraction of sp³-hybridized carbons (Fsp3) is 0.167. The maximum atomic E-state index is 13.0. The fourth-order valence-electron chi connectivity index (χ4n) is 2.89. The molecule has 0 fully saturated rings. The molecule has 0 aliphatic carbocycles. The standard InChI is InChI=1S/C18H17BrClN3O2S/c1-11-7-14(19)8-12(2)18(11)26(24,25)22-17-9-13(3)21-23(17)16-6-4-5-15(20)10-16/h4-10,22H,1-3H3. The first-order valence-corrected chi connectivity index (χ1v) is 10.4. The zero-order valence-electron chi connectivity index (χ0n) is 14.4. The van der Waals surface area contributed by atoms with Gasteiger partial charge < -0.3 is 0 Å². The zero-order valence-corrected chi connectivity index (χ0v) is 17.6. The van der Waals surface area contributed by atoms with Crippen LogP contribution in [-0.4, -0.2) is 18.2 Å². The number of aryl methyl sites for hydroxylation is 3. The molecular weight excluding hydrogens is 438 g/mol. The van der Waals surface area contributed by atoms with Crippen LogP contribution in [-0.2, 0) is 10.0 Å². The largest absolute Gasteiger partial charge is 0.263 e. The summed E-state index contributed by atoms with van der Waals surface area (Å²) in [6.45, 7) is 5.34. The van der Waals surface area contributed by atoms with Crippen LogP contribution in [0.3, 0.4) is 0 Å². The number of anilines is 1. The second-order valence-electron chi connectivity index (χ2n) is 6.04. The van der Waals surface area contributed by atoms with Crippen molar-refractivity contribution in [2.45, 2.75) is 25.7 Å². The SMILES string of the molecule is Cc1cc(NS(=O)(=O)c2c(C)cc(Br)cc2C)n(-c2cccc(Cl)c2)n1. The predicted octanol–water partition coefficient (Wildman–Crippen LogP) is 5.01. The number of rotatable bonds is 4. The van der Waals surface area contributed by atoms with Gasteiger partial charge in [-0.1, -0.05) is 33.6 Å². The van der Waals surface area contributed by atoms with Gasteiger partial charge in [0.2, 0.25) is 0 Å². The molecule has 0 saturated carbocycles. The number of aromatic nitrogens is 2. The van der Waals surface area contributed by atoms with E-state index in [1.807, 2.05) is 6.07 Å². The molecule has 0 saturated heterocycles. The first-order valence-electron chi connectivity index (χ1n) is 7.79. The Morgan fingerprint density at radius 2 is 1.73 bits per heavy atom. The normalized spacial score (nSPS) is 11.6. The van der Waals surface area contributed by atoms with Crippen LogP contribution in [0.1, 0.15) is 16.8 Å². The second-order valence-corrected chi connectivity index (χ2v) is 9.01. The first-order chi connectivity index (χ1) is 12.2. The Morgan fingerprint density at radius 1 is 1.08 bits per heavy atom. The summed E-state index contributed by atoms with van der Waals surface area (Å²) >= 11 is 9.45. The molecule has 0 atom stereocenters. The van der Waals surface area contributed by atoms with Crippen molar-refractivity contribution in [3.8, 4) is 5.69 Å². The maximum Gasteiger partial charge on any atom is 0.263 e. The van der Waals surface area contributed by atoms with Crippen molar-refractivity contribution in [3.05, 3.63) is 68.8 Å². The minimum atomic E-state index is -3.78. The minimum Gasteiger partial charge on any atom is -0.263 e.